The van der Waals surface area contributed by atoms with Gasteiger partial charge in [-0.3, -0.25) is 5.41 Å². The minimum Gasteiger partial charge on any atom is -0.398 e. The smallest absolute Gasteiger partial charge is 0.150 e. The van der Waals surface area contributed by atoms with Crippen LogP contribution in [0.4, 0.5) is 11.4 Å². The van der Waals surface area contributed by atoms with Crippen molar-refractivity contribution >= 4 is 42.6 Å². The maximum absolute atomic E-state index is 12.6. The molecule has 0 bridgehead atoms. The molecule has 5 nitrogen and oxygen atoms in total. The van der Waals surface area contributed by atoms with Crippen LogP contribution in [-0.4, -0.2) is 14.9 Å². The highest BCUT2D eigenvalue weighted by Crippen LogP contribution is 2.23. The fraction of sp³-hybridized carbons (Fsp3) is 0.208. The minimum atomic E-state index is -1.40. The Balaban J connectivity index is 0.000000785. The van der Waals surface area contributed by atoms with Gasteiger partial charge in [0.25, 0.3) is 0 Å². The van der Waals surface area contributed by atoms with Crippen molar-refractivity contribution in [2.24, 2.45) is 0 Å². The number of anilines is 2. The van der Waals surface area contributed by atoms with Crippen LogP contribution in [-0.2, 0) is 17.4 Å². The van der Waals surface area contributed by atoms with E-state index in [-0.39, 0.29) is 0 Å². The molecule has 0 saturated carbocycles. The van der Waals surface area contributed by atoms with Gasteiger partial charge in [-0.15, -0.1) is 9.24 Å². The summed E-state index contributed by atoms with van der Waals surface area (Å²) in [7, 11) is 1.20. The molecule has 5 N–H and O–H groups in total. The van der Waals surface area contributed by atoms with Gasteiger partial charge in [-0.25, -0.2) is 4.21 Å². The maximum atomic E-state index is 12.6. The van der Waals surface area contributed by atoms with E-state index < -0.39 is 11.0 Å². The molecule has 2 atom stereocenters. The zero-order valence-corrected chi connectivity index (χ0v) is 20.4. The molecular formula is C24H31N4OPS. The number of hydrogen-bond acceptors (Lipinski definition) is 3. The van der Waals surface area contributed by atoms with Crippen molar-refractivity contribution in [1.29, 1.82) is 5.41 Å². The molecule has 0 aliphatic rings. The van der Waals surface area contributed by atoms with E-state index in [1.807, 2.05) is 63.3 Å². The molecule has 3 aromatic rings. The second-order valence-electron chi connectivity index (χ2n) is 6.97. The molecule has 0 fully saturated rings. The highest BCUT2D eigenvalue weighted by atomic mass is 32.2. The number of rotatable bonds is 6. The topological polar surface area (TPSA) is 94.8 Å². The molecule has 2 unspecified atom stereocenters. The molecule has 1 aromatic heterocycles. The van der Waals surface area contributed by atoms with Crippen molar-refractivity contribution in [3.05, 3.63) is 83.2 Å². The SMILES string of the molecule is C/C=C\C.CCc1cc(C(=N)c2cc(NS(=O)c3cccc(P)c3)ccc2N)[nH]c1C. The second kappa shape index (κ2) is 11.6. The molecule has 7 heteroatoms. The first-order valence-electron chi connectivity index (χ1n) is 10.1. The summed E-state index contributed by atoms with van der Waals surface area (Å²) in [5.41, 5.74) is 11.1. The molecule has 0 saturated heterocycles. The Labute approximate surface area is 189 Å². The van der Waals surface area contributed by atoms with Crippen molar-refractivity contribution in [1.82, 2.24) is 4.98 Å². The van der Waals surface area contributed by atoms with Gasteiger partial charge < -0.3 is 15.4 Å². The first-order valence-corrected chi connectivity index (χ1v) is 11.8. The van der Waals surface area contributed by atoms with Gasteiger partial charge in [-0.1, -0.05) is 31.2 Å². The van der Waals surface area contributed by atoms with Crippen molar-refractivity contribution in [3.63, 3.8) is 0 Å². The van der Waals surface area contributed by atoms with Gasteiger partial charge in [-0.05, 0) is 74.5 Å². The molecule has 0 radical (unpaired) electrons. The molecule has 0 aliphatic carbocycles. The van der Waals surface area contributed by atoms with Gasteiger partial charge in [0.05, 0.1) is 16.3 Å². The number of nitrogens with two attached hydrogens (primary N) is 1. The van der Waals surface area contributed by atoms with E-state index in [1.54, 1.807) is 18.2 Å². The van der Waals surface area contributed by atoms with Gasteiger partial charge in [0.15, 0.2) is 0 Å². The van der Waals surface area contributed by atoms with Crippen LogP contribution in [0.2, 0.25) is 0 Å². The highest BCUT2D eigenvalue weighted by Gasteiger charge is 2.14. The van der Waals surface area contributed by atoms with Crippen LogP contribution in [0.1, 0.15) is 43.3 Å². The average molecular weight is 455 g/mol. The largest absolute Gasteiger partial charge is 0.398 e. The molecular weight excluding hydrogens is 423 g/mol. The number of H-pyrrole nitrogens is 1. The Kier molecular flexibility index (Phi) is 9.22. The maximum Gasteiger partial charge on any atom is 0.150 e. The molecule has 3 rings (SSSR count). The minimum absolute atomic E-state index is 0.316. The summed E-state index contributed by atoms with van der Waals surface area (Å²) in [6, 6.07) is 14.7. The first-order chi connectivity index (χ1) is 14.8. The third-order valence-corrected chi connectivity index (χ3v) is 6.17. The number of aromatic nitrogens is 1. The lowest BCUT2D eigenvalue weighted by molar-refractivity contribution is 0.686. The zero-order chi connectivity index (χ0) is 23.0. The fourth-order valence-electron chi connectivity index (χ4n) is 2.88. The summed E-state index contributed by atoms with van der Waals surface area (Å²) in [5.74, 6) is 0. The van der Waals surface area contributed by atoms with Gasteiger partial charge in [0, 0.05) is 22.6 Å². The predicted octanol–water partition coefficient (Wildman–Crippen LogP) is 5.10. The number of allylic oxidation sites excluding steroid dienone is 2. The zero-order valence-electron chi connectivity index (χ0n) is 18.5. The summed E-state index contributed by atoms with van der Waals surface area (Å²) < 4.78 is 15.6. The van der Waals surface area contributed by atoms with Crippen molar-refractivity contribution in [2.75, 3.05) is 10.5 Å². The number of benzene rings is 2. The Hall–Kier alpha value is -2.69. The lowest BCUT2D eigenvalue weighted by atomic mass is 10.0. The lowest BCUT2D eigenvalue weighted by Crippen LogP contribution is -2.10. The van der Waals surface area contributed by atoms with Crippen LogP contribution < -0.4 is 15.8 Å². The molecule has 1 heterocycles. The monoisotopic (exact) mass is 454 g/mol. The summed E-state index contributed by atoms with van der Waals surface area (Å²) in [6.45, 7) is 8.09. The van der Waals surface area contributed by atoms with Gasteiger partial charge in [0.1, 0.15) is 11.0 Å². The van der Waals surface area contributed by atoms with E-state index in [4.69, 9.17) is 11.1 Å². The molecule has 2 aromatic carbocycles. The van der Waals surface area contributed by atoms with E-state index in [2.05, 4.69) is 25.9 Å². The number of hydrogen-bond donors (Lipinski definition) is 4. The van der Waals surface area contributed by atoms with Crippen LogP contribution in [0.3, 0.4) is 0 Å². The quantitative estimate of drug-likeness (QED) is 0.180. The molecule has 31 heavy (non-hydrogen) atoms. The van der Waals surface area contributed by atoms with Gasteiger partial charge in [-0.2, -0.15) is 0 Å². The Morgan fingerprint density at radius 2 is 1.90 bits per heavy atom. The molecule has 0 spiro atoms. The predicted molar refractivity (Wildman–Crippen MR) is 138 cm³/mol. The number of nitrogens with one attached hydrogen (secondary N) is 3. The fourth-order valence-corrected chi connectivity index (χ4v) is 4.20. The Bertz CT molecular complexity index is 1100. The van der Waals surface area contributed by atoms with E-state index >= 15 is 0 Å². The molecule has 0 amide bonds. The second-order valence-corrected chi connectivity index (χ2v) is 8.85. The third-order valence-electron chi connectivity index (χ3n) is 4.71. The molecule has 164 valence electrons. The first kappa shape index (κ1) is 24.6. The van der Waals surface area contributed by atoms with E-state index in [1.165, 1.54) is 5.56 Å². The van der Waals surface area contributed by atoms with Crippen LogP contribution in [0.25, 0.3) is 0 Å². The van der Waals surface area contributed by atoms with Crippen LogP contribution in [0.5, 0.6) is 0 Å². The lowest BCUT2D eigenvalue weighted by Gasteiger charge is -2.11. The number of aryl methyl sites for hydroxylation is 2. The average Bonchev–Trinajstić information content (AvgIpc) is 3.15. The summed E-state index contributed by atoms with van der Waals surface area (Å²) >= 11 is 0. The van der Waals surface area contributed by atoms with Gasteiger partial charge >= 0.3 is 0 Å². The van der Waals surface area contributed by atoms with Crippen molar-refractivity contribution < 1.29 is 4.21 Å². The van der Waals surface area contributed by atoms with Crippen molar-refractivity contribution in [2.45, 2.75) is 39.0 Å². The van der Waals surface area contributed by atoms with E-state index in [9.17, 15) is 4.21 Å². The Morgan fingerprint density at radius 3 is 2.48 bits per heavy atom. The third kappa shape index (κ3) is 6.65. The van der Waals surface area contributed by atoms with E-state index in [0.29, 0.717) is 27.5 Å². The Morgan fingerprint density at radius 1 is 1.19 bits per heavy atom. The van der Waals surface area contributed by atoms with Crippen molar-refractivity contribution in [3.8, 4) is 0 Å². The number of nitrogen functional groups attached to an aromatic ring is 1. The normalized spacial score (nSPS) is 11.6. The van der Waals surface area contributed by atoms with Crippen LogP contribution >= 0.6 is 9.24 Å². The van der Waals surface area contributed by atoms with Crippen LogP contribution in [0.15, 0.2) is 65.6 Å². The summed E-state index contributed by atoms with van der Waals surface area (Å²) in [5, 5.41) is 9.52. The summed E-state index contributed by atoms with van der Waals surface area (Å²) in [4.78, 5) is 3.93. The van der Waals surface area contributed by atoms with Crippen LogP contribution in [0, 0.1) is 12.3 Å². The highest BCUT2D eigenvalue weighted by molar-refractivity contribution is 7.86. The van der Waals surface area contributed by atoms with Gasteiger partial charge in [0.2, 0.25) is 0 Å². The number of aromatic amines is 1. The standard InChI is InChI=1S/C20H23N4OPS.C4H8/c1-3-13-9-19(23-12(13)2)20(22)17-10-14(7-8-18(17)21)24-27(25)16-6-4-5-15(26)11-16;1-3-4-2/h4-11,22-24H,3,21,26H2,1-2H3;3-4H,1-2H3/b;4-3-. The molecule has 0 aliphatic heterocycles. The summed E-state index contributed by atoms with van der Waals surface area (Å²) in [6.07, 6.45) is 4.90. The van der Waals surface area contributed by atoms with E-state index in [0.717, 1.165) is 23.1 Å².